The van der Waals surface area contributed by atoms with E-state index in [1.165, 1.54) is 4.05 Å². The normalized spacial score (nSPS) is 9.00. The Balaban J connectivity index is 2.85. The minimum Gasteiger partial charge on any atom is -0.362 e. The highest BCUT2D eigenvalue weighted by atomic mass is 27.1. The Morgan fingerprint density at radius 1 is 1.22 bits per heavy atom. The van der Waals surface area contributed by atoms with Crippen LogP contribution in [0.25, 0.3) is 0 Å². The van der Waals surface area contributed by atoms with Gasteiger partial charge in [0.25, 0.3) is 0 Å². The van der Waals surface area contributed by atoms with E-state index in [0.29, 0.717) is 16.5 Å². The first-order valence-corrected chi connectivity index (χ1v) is 3.68. The lowest BCUT2D eigenvalue weighted by Crippen LogP contribution is -2.11. The lowest BCUT2D eigenvalue weighted by Gasteiger charge is -2.10. The molecule has 0 amide bonds. The van der Waals surface area contributed by atoms with E-state index in [0.717, 1.165) is 5.69 Å². The van der Waals surface area contributed by atoms with Crippen molar-refractivity contribution in [2.45, 2.75) is 0 Å². The monoisotopic (exact) mass is 137 g/mol. The van der Waals surface area contributed by atoms with Gasteiger partial charge in [-0.05, 0) is 12.1 Å². The molecular weight excluding hydrogens is 129 g/mol. The summed E-state index contributed by atoms with van der Waals surface area (Å²) in [7, 11) is 0. The summed E-state index contributed by atoms with van der Waals surface area (Å²) in [4.78, 5) is 0. The van der Waals surface area contributed by atoms with Crippen LogP contribution in [0, 0.1) is 0 Å². The van der Waals surface area contributed by atoms with Gasteiger partial charge < -0.3 is 9.25 Å². The maximum atomic E-state index is 8.92. The largest absolute Gasteiger partial charge is 0.405 e. The van der Waals surface area contributed by atoms with Gasteiger partial charge in [0, 0.05) is 5.69 Å². The molecule has 0 radical (unpaired) electrons. The zero-order valence-electron chi connectivity index (χ0n) is 5.28. The molecule has 1 aromatic rings. The number of hydrogen-bond donors (Lipinski definition) is 1. The first-order valence-electron chi connectivity index (χ1n) is 2.78. The predicted octanol–water partition coefficient (Wildman–Crippen LogP) is 0.430. The molecule has 3 heteroatoms. The highest BCUT2D eigenvalue weighted by Crippen LogP contribution is 2.06. The van der Waals surface area contributed by atoms with Gasteiger partial charge in [0.1, 0.15) is 0 Å². The molecule has 0 bridgehead atoms. The summed E-state index contributed by atoms with van der Waals surface area (Å²) in [6.45, 7) is 0. The van der Waals surface area contributed by atoms with E-state index in [2.05, 4.69) is 0 Å². The Bertz CT molecular complexity index is 176. The number of hydrogen-bond acceptors (Lipinski definition) is 2. The van der Waals surface area contributed by atoms with Crippen molar-refractivity contribution < 1.29 is 5.21 Å². The molecule has 0 fully saturated rings. The fourth-order valence-electron chi connectivity index (χ4n) is 0.644. The maximum Gasteiger partial charge on any atom is 0.405 e. The highest BCUT2D eigenvalue weighted by molar-refractivity contribution is 6.15. The second-order valence-electron chi connectivity index (χ2n) is 1.86. The van der Waals surface area contributed by atoms with Crippen LogP contribution >= 0.6 is 0 Å². The maximum absolute atomic E-state index is 8.92. The lowest BCUT2D eigenvalue weighted by atomic mass is 10.3. The number of anilines is 1. The molecule has 0 unspecified atom stereocenters. The first-order chi connectivity index (χ1) is 4.30. The zero-order chi connectivity index (χ0) is 6.69. The predicted molar refractivity (Wildman–Crippen MR) is 39.3 cm³/mol. The summed E-state index contributed by atoms with van der Waals surface area (Å²) in [5, 5.41) is 8.92. The van der Waals surface area contributed by atoms with E-state index in [9.17, 15) is 0 Å². The van der Waals surface area contributed by atoms with E-state index in [1.807, 2.05) is 30.3 Å². The smallest absolute Gasteiger partial charge is 0.362 e. The number of para-hydroxylation sites is 1. The fraction of sp³-hybridized carbons (Fsp3) is 0. The third-order valence-electron chi connectivity index (χ3n) is 1.13. The molecule has 0 atom stereocenters. The average molecular weight is 137 g/mol. The minimum absolute atomic E-state index is 0.645. The summed E-state index contributed by atoms with van der Waals surface area (Å²) in [5.41, 5.74) is 0.865. The molecule has 46 valence electrons. The number of nitrogens with zero attached hydrogens (tertiary/aromatic N) is 1. The molecule has 0 aromatic heterocycles. The molecule has 0 aliphatic carbocycles. The molecule has 0 saturated heterocycles. The topological polar surface area (TPSA) is 23.5 Å². The number of benzene rings is 1. The van der Waals surface area contributed by atoms with Gasteiger partial charge in [-0.15, -0.1) is 0 Å². The highest BCUT2D eigenvalue weighted by Gasteiger charge is 1.89. The summed E-state index contributed by atoms with van der Waals surface area (Å²) < 4.78 is 1.22. The van der Waals surface area contributed by atoms with E-state index in [1.54, 1.807) is 0 Å². The number of rotatable bonds is 1. The zero-order valence-corrected chi connectivity index (χ0v) is 7.28. The molecule has 1 aromatic carbocycles. The van der Waals surface area contributed by atoms with Crippen LogP contribution in [-0.2, 0) is 0 Å². The first kappa shape index (κ1) is 6.63. The van der Waals surface area contributed by atoms with Gasteiger partial charge in [0.2, 0.25) is 0 Å². The van der Waals surface area contributed by atoms with Gasteiger partial charge in [-0.25, -0.2) is 0 Å². The fourth-order valence-corrected chi connectivity index (χ4v) is 0.942. The molecule has 0 saturated carbocycles. The molecular formula is C6H8AlNO. The Kier molecular flexibility index (Phi) is 2.12. The molecule has 0 aliphatic rings. The second-order valence-corrected chi connectivity index (χ2v) is 2.71. The van der Waals surface area contributed by atoms with Crippen LogP contribution < -0.4 is 4.05 Å². The van der Waals surface area contributed by atoms with Crippen LogP contribution in [-0.4, -0.2) is 21.7 Å². The van der Waals surface area contributed by atoms with Gasteiger partial charge in [-0.2, -0.15) is 0 Å². The Labute approximate surface area is 62.3 Å². The third kappa shape index (κ3) is 1.72. The van der Waals surface area contributed by atoms with Crippen molar-refractivity contribution in [1.29, 1.82) is 0 Å². The average Bonchev–Trinajstić information content (AvgIpc) is 1.90. The van der Waals surface area contributed by atoms with Crippen molar-refractivity contribution in [2.24, 2.45) is 0 Å². The van der Waals surface area contributed by atoms with Crippen LogP contribution in [0.3, 0.4) is 0 Å². The standard InChI is InChI=1S/C6H6NO.Al.2H/c8-7-6-4-2-1-3-5-6;;;/h1-5,8H;;;/q-1;+1;;. The third-order valence-corrected chi connectivity index (χ3v) is 1.65. The quantitative estimate of drug-likeness (QED) is 0.448. The Hall–Kier alpha value is -0.488. The van der Waals surface area contributed by atoms with Gasteiger partial charge in [-0.1, -0.05) is 18.2 Å². The molecule has 9 heavy (non-hydrogen) atoms. The second kappa shape index (κ2) is 2.88. The van der Waals surface area contributed by atoms with Crippen LogP contribution in [0.4, 0.5) is 5.69 Å². The van der Waals surface area contributed by atoms with Crippen molar-refractivity contribution in [3.63, 3.8) is 0 Å². The van der Waals surface area contributed by atoms with E-state index in [4.69, 9.17) is 5.21 Å². The van der Waals surface area contributed by atoms with Crippen molar-refractivity contribution >= 4 is 22.2 Å². The summed E-state index contributed by atoms with van der Waals surface area (Å²) in [5.74, 6) is 0. The molecule has 2 nitrogen and oxygen atoms in total. The van der Waals surface area contributed by atoms with Crippen LogP contribution in [0.1, 0.15) is 0 Å². The summed E-state index contributed by atoms with van der Waals surface area (Å²) in [6, 6.07) is 9.46. The molecule has 1 N–H and O–H groups in total. The van der Waals surface area contributed by atoms with Gasteiger partial charge in [-0.3, -0.25) is 0 Å². The Morgan fingerprint density at radius 2 is 1.78 bits per heavy atom. The van der Waals surface area contributed by atoms with E-state index < -0.39 is 0 Å². The van der Waals surface area contributed by atoms with Crippen LogP contribution in [0.2, 0.25) is 0 Å². The van der Waals surface area contributed by atoms with Crippen LogP contribution in [0.15, 0.2) is 30.3 Å². The molecule has 0 spiro atoms. The van der Waals surface area contributed by atoms with Crippen LogP contribution in [0.5, 0.6) is 0 Å². The van der Waals surface area contributed by atoms with Crippen molar-refractivity contribution in [3.8, 4) is 0 Å². The van der Waals surface area contributed by atoms with E-state index >= 15 is 0 Å². The van der Waals surface area contributed by atoms with Crippen molar-refractivity contribution in [1.82, 2.24) is 0 Å². The summed E-state index contributed by atoms with van der Waals surface area (Å²) in [6.07, 6.45) is 0. The van der Waals surface area contributed by atoms with Gasteiger partial charge >= 0.3 is 16.5 Å². The minimum atomic E-state index is 0.645. The lowest BCUT2D eigenvalue weighted by molar-refractivity contribution is 0.325. The SMILES string of the molecule is O[N]([AlH2])c1ccccc1. The molecule has 1 rings (SSSR count). The van der Waals surface area contributed by atoms with Crippen molar-refractivity contribution in [2.75, 3.05) is 4.05 Å². The van der Waals surface area contributed by atoms with Gasteiger partial charge in [0.15, 0.2) is 0 Å². The Morgan fingerprint density at radius 3 is 2.11 bits per heavy atom. The summed E-state index contributed by atoms with van der Waals surface area (Å²) >= 11 is 0.645. The van der Waals surface area contributed by atoms with E-state index in [-0.39, 0.29) is 0 Å². The molecule has 0 heterocycles. The van der Waals surface area contributed by atoms with Gasteiger partial charge in [0.05, 0.1) is 0 Å². The molecule has 0 aliphatic heterocycles. The van der Waals surface area contributed by atoms with Crippen molar-refractivity contribution in [3.05, 3.63) is 30.3 Å².